The first-order chi connectivity index (χ1) is 19.1. The quantitative estimate of drug-likeness (QED) is 0.226. The van der Waals surface area contributed by atoms with Gasteiger partial charge >= 0.3 is 0 Å². The second-order valence-electron chi connectivity index (χ2n) is 10.1. The molecule has 6 heteroatoms. The van der Waals surface area contributed by atoms with Gasteiger partial charge in [-0.25, -0.2) is 0 Å². The lowest BCUT2D eigenvalue weighted by Gasteiger charge is -2.32. The topological polar surface area (TPSA) is 58.6 Å². The number of nitrogens with one attached hydrogen (secondary N) is 1. The number of benzene rings is 4. The highest BCUT2D eigenvalue weighted by Gasteiger charge is 2.32. The fraction of sp³-hybridized carbons (Fsp3) is 0.273. The van der Waals surface area contributed by atoms with E-state index in [0.717, 1.165) is 52.1 Å². The summed E-state index contributed by atoms with van der Waals surface area (Å²) in [6.07, 6.45) is 4.63. The number of halogens is 1. The summed E-state index contributed by atoms with van der Waals surface area (Å²) < 4.78 is 6.88. The van der Waals surface area contributed by atoms with Crippen LogP contribution in [0.3, 0.4) is 0 Å². The number of rotatable bonds is 10. The van der Waals surface area contributed by atoms with Gasteiger partial charge in [-0.1, -0.05) is 104 Å². The Morgan fingerprint density at radius 3 is 2.21 bits per heavy atom. The Balaban J connectivity index is 1.42. The zero-order chi connectivity index (χ0) is 27.0. The number of ether oxygens (including phenoxy) is 1. The summed E-state index contributed by atoms with van der Waals surface area (Å²) in [5.41, 5.74) is 1.97. The number of nitrogens with zero attached hydrogens (tertiary/aromatic N) is 1. The molecule has 1 aliphatic carbocycles. The van der Waals surface area contributed by atoms with Crippen molar-refractivity contribution in [2.45, 2.75) is 50.7 Å². The maximum atomic E-state index is 13.9. The molecule has 5 rings (SSSR count). The van der Waals surface area contributed by atoms with Gasteiger partial charge in [-0.15, -0.1) is 0 Å². The van der Waals surface area contributed by atoms with Crippen LogP contribution in [0, 0.1) is 0 Å². The molecule has 0 heterocycles. The number of amides is 2. The van der Waals surface area contributed by atoms with E-state index in [1.54, 1.807) is 4.90 Å². The van der Waals surface area contributed by atoms with E-state index in [0.29, 0.717) is 18.7 Å². The molecule has 0 aromatic heterocycles. The Labute approximate surface area is 238 Å². The predicted molar refractivity (Wildman–Crippen MR) is 158 cm³/mol. The van der Waals surface area contributed by atoms with Crippen LogP contribution in [0.1, 0.15) is 36.8 Å². The summed E-state index contributed by atoms with van der Waals surface area (Å²) in [6, 6.07) is 31.1. The van der Waals surface area contributed by atoms with Crippen molar-refractivity contribution in [2.75, 3.05) is 6.61 Å². The zero-order valence-corrected chi connectivity index (χ0v) is 23.5. The van der Waals surface area contributed by atoms with Gasteiger partial charge < -0.3 is 15.0 Å². The minimum atomic E-state index is -0.663. The van der Waals surface area contributed by atoms with Crippen molar-refractivity contribution in [3.05, 3.63) is 113 Å². The van der Waals surface area contributed by atoms with Crippen LogP contribution in [0.5, 0.6) is 5.75 Å². The smallest absolute Gasteiger partial charge is 0.261 e. The third kappa shape index (κ3) is 6.87. The van der Waals surface area contributed by atoms with Gasteiger partial charge in [0, 0.05) is 19.0 Å². The highest BCUT2D eigenvalue weighted by Crippen LogP contribution is 2.33. The lowest BCUT2D eigenvalue weighted by Crippen LogP contribution is -2.53. The lowest BCUT2D eigenvalue weighted by atomic mass is 10.0. The minimum Gasteiger partial charge on any atom is -0.483 e. The molecule has 0 spiro atoms. The van der Waals surface area contributed by atoms with E-state index in [9.17, 15) is 9.59 Å². The van der Waals surface area contributed by atoms with Crippen LogP contribution in [-0.4, -0.2) is 35.4 Å². The van der Waals surface area contributed by atoms with Crippen LogP contribution in [0.25, 0.3) is 10.8 Å². The van der Waals surface area contributed by atoms with Gasteiger partial charge in [-0.2, -0.15) is 0 Å². The summed E-state index contributed by atoms with van der Waals surface area (Å²) in [6.45, 7) is 0.142. The van der Waals surface area contributed by atoms with Crippen LogP contribution in [0.4, 0.5) is 0 Å². The average molecular weight is 586 g/mol. The summed E-state index contributed by atoms with van der Waals surface area (Å²) in [5, 5.41) is 5.34. The molecule has 4 aromatic carbocycles. The summed E-state index contributed by atoms with van der Waals surface area (Å²) >= 11 is 3.65. The molecule has 200 valence electrons. The number of carbonyl (C=O) groups excluding carboxylic acids is 2. The second kappa shape index (κ2) is 12.9. The van der Waals surface area contributed by atoms with E-state index in [2.05, 4.69) is 21.2 Å². The number of hydrogen-bond acceptors (Lipinski definition) is 3. The van der Waals surface area contributed by atoms with Crippen LogP contribution < -0.4 is 10.1 Å². The minimum absolute atomic E-state index is 0.109. The molecule has 1 atom stereocenters. The van der Waals surface area contributed by atoms with Gasteiger partial charge in [-0.05, 0) is 56.7 Å². The average Bonchev–Trinajstić information content (AvgIpc) is 3.48. The summed E-state index contributed by atoms with van der Waals surface area (Å²) in [5.74, 6) is 0.250. The van der Waals surface area contributed by atoms with E-state index in [-0.39, 0.29) is 24.5 Å². The third-order valence-electron chi connectivity index (χ3n) is 7.35. The Morgan fingerprint density at radius 2 is 1.49 bits per heavy atom. The number of carbonyl (C=O) groups is 2. The van der Waals surface area contributed by atoms with Crippen molar-refractivity contribution in [3.8, 4) is 5.75 Å². The monoisotopic (exact) mass is 584 g/mol. The zero-order valence-electron chi connectivity index (χ0n) is 21.9. The first-order valence-corrected chi connectivity index (χ1v) is 14.4. The van der Waals surface area contributed by atoms with Crippen molar-refractivity contribution in [1.29, 1.82) is 0 Å². The van der Waals surface area contributed by atoms with Crippen molar-refractivity contribution in [3.63, 3.8) is 0 Å². The van der Waals surface area contributed by atoms with Crippen LogP contribution in [0.2, 0.25) is 0 Å². The van der Waals surface area contributed by atoms with Crippen molar-refractivity contribution >= 4 is 38.5 Å². The number of hydrogen-bond donors (Lipinski definition) is 1. The molecule has 0 unspecified atom stereocenters. The first kappa shape index (κ1) is 26.9. The fourth-order valence-electron chi connectivity index (χ4n) is 5.25. The van der Waals surface area contributed by atoms with E-state index in [4.69, 9.17) is 4.74 Å². The largest absolute Gasteiger partial charge is 0.483 e. The normalized spacial score (nSPS) is 14.2. The predicted octanol–water partition coefficient (Wildman–Crippen LogP) is 6.68. The van der Waals surface area contributed by atoms with Gasteiger partial charge in [-0.3, -0.25) is 9.59 Å². The first-order valence-electron chi connectivity index (χ1n) is 13.6. The maximum absolute atomic E-state index is 13.9. The molecule has 2 amide bonds. The van der Waals surface area contributed by atoms with E-state index >= 15 is 0 Å². The van der Waals surface area contributed by atoms with Gasteiger partial charge in [0.05, 0.1) is 4.47 Å². The molecule has 4 aromatic rings. The molecule has 0 bridgehead atoms. The molecule has 1 N–H and O–H groups in total. The Morgan fingerprint density at radius 1 is 0.846 bits per heavy atom. The van der Waals surface area contributed by atoms with E-state index in [1.165, 1.54) is 0 Å². The van der Waals surface area contributed by atoms with E-state index in [1.807, 2.05) is 97.1 Å². The molecule has 5 nitrogen and oxygen atoms in total. The van der Waals surface area contributed by atoms with Gasteiger partial charge in [0.1, 0.15) is 11.8 Å². The molecule has 0 radical (unpaired) electrons. The standard InChI is InChI=1S/C33H33BrN2O3/c34-32-28-18-10-7-15-26(28)19-20-30(32)39-23-31(37)36(22-25-13-5-2-6-14-25)29(21-24-11-3-1-4-12-24)33(38)35-27-16-8-9-17-27/h1-7,10-15,18-20,27,29H,8-9,16-17,21-23H2,(H,35,38)/t29-/m1/s1. The van der Waals surface area contributed by atoms with Gasteiger partial charge in [0.25, 0.3) is 5.91 Å². The molecule has 1 saturated carbocycles. The molecule has 1 fully saturated rings. The lowest BCUT2D eigenvalue weighted by molar-refractivity contribution is -0.143. The van der Waals surface area contributed by atoms with Crippen molar-refractivity contribution in [2.24, 2.45) is 0 Å². The molecular weight excluding hydrogens is 552 g/mol. The SMILES string of the molecule is O=C(NC1CCCC1)[C@@H](Cc1ccccc1)N(Cc1ccccc1)C(=O)COc1ccc2ccccc2c1Br. The van der Waals surface area contributed by atoms with E-state index < -0.39 is 6.04 Å². The number of fused-ring (bicyclic) bond motifs is 1. The summed E-state index contributed by atoms with van der Waals surface area (Å²) in [7, 11) is 0. The Hall–Kier alpha value is -3.64. The molecule has 39 heavy (non-hydrogen) atoms. The third-order valence-corrected chi connectivity index (χ3v) is 8.17. The maximum Gasteiger partial charge on any atom is 0.261 e. The van der Waals surface area contributed by atoms with Gasteiger partial charge in [0.15, 0.2) is 6.61 Å². The Kier molecular flexibility index (Phi) is 8.94. The van der Waals surface area contributed by atoms with Crippen molar-refractivity contribution in [1.82, 2.24) is 10.2 Å². The Bertz CT molecular complexity index is 1400. The van der Waals surface area contributed by atoms with Crippen LogP contribution >= 0.6 is 15.9 Å². The molecule has 1 aliphatic rings. The highest BCUT2D eigenvalue weighted by molar-refractivity contribution is 9.10. The molecule has 0 aliphatic heterocycles. The second-order valence-corrected chi connectivity index (χ2v) is 10.9. The summed E-state index contributed by atoms with van der Waals surface area (Å²) in [4.78, 5) is 29.3. The highest BCUT2D eigenvalue weighted by atomic mass is 79.9. The van der Waals surface area contributed by atoms with Crippen molar-refractivity contribution < 1.29 is 14.3 Å². The van der Waals surface area contributed by atoms with Gasteiger partial charge in [0.2, 0.25) is 5.91 Å². The van der Waals surface area contributed by atoms with Crippen LogP contribution in [-0.2, 0) is 22.6 Å². The van der Waals surface area contributed by atoms with Crippen LogP contribution in [0.15, 0.2) is 102 Å². The molecular formula is C33H33BrN2O3. The fourth-order valence-corrected chi connectivity index (χ4v) is 5.86. The molecule has 0 saturated heterocycles.